The Hall–Kier alpha value is -0.530. The first-order valence-corrected chi connectivity index (χ1v) is 6.68. The van der Waals surface area contributed by atoms with Gasteiger partial charge in [-0.1, -0.05) is 25.7 Å². The van der Waals surface area contributed by atoms with Crippen molar-refractivity contribution >= 4 is 5.90 Å². The lowest BCUT2D eigenvalue weighted by Gasteiger charge is -2.24. The van der Waals surface area contributed by atoms with E-state index in [9.17, 15) is 0 Å². The average Bonchev–Trinajstić information content (AvgIpc) is 2.74. The van der Waals surface area contributed by atoms with Gasteiger partial charge in [0.2, 0.25) is 0 Å². The Balaban J connectivity index is 1.66. The zero-order valence-corrected chi connectivity index (χ0v) is 9.45. The number of aliphatic imine (C=N–C) groups is 1. The molecule has 0 bridgehead atoms. The highest BCUT2D eigenvalue weighted by Gasteiger charge is 2.35. The summed E-state index contributed by atoms with van der Waals surface area (Å²) in [6.07, 6.45) is 12.5. The fourth-order valence-corrected chi connectivity index (χ4v) is 3.26. The third-order valence-electron chi connectivity index (χ3n) is 4.19. The number of hydrogen-bond donors (Lipinski definition) is 0. The van der Waals surface area contributed by atoms with Gasteiger partial charge >= 0.3 is 0 Å². The van der Waals surface area contributed by atoms with Gasteiger partial charge in [0, 0.05) is 5.92 Å². The number of nitrogens with zero attached hydrogens (tertiary/aromatic N) is 1. The third kappa shape index (κ3) is 1.91. The molecule has 1 heterocycles. The lowest BCUT2D eigenvalue weighted by Crippen LogP contribution is -2.27. The molecule has 0 saturated heterocycles. The minimum absolute atomic E-state index is 0.454. The van der Waals surface area contributed by atoms with Crippen LogP contribution in [0.25, 0.3) is 0 Å². The van der Waals surface area contributed by atoms with Crippen LogP contribution in [0.2, 0.25) is 0 Å². The van der Waals surface area contributed by atoms with E-state index in [1.807, 2.05) is 0 Å². The summed E-state index contributed by atoms with van der Waals surface area (Å²) >= 11 is 0. The molecule has 2 unspecified atom stereocenters. The van der Waals surface area contributed by atoms with Gasteiger partial charge in [0.05, 0.1) is 6.04 Å². The van der Waals surface area contributed by atoms with Gasteiger partial charge in [-0.15, -0.1) is 0 Å². The fourth-order valence-electron chi connectivity index (χ4n) is 3.26. The van der Waals surface area contributed by atoms with E-state index in [1.165, 1.54) is 57.8 Å². The summed E-state index contributed by atoms with van der Waals surface area (Å²) in [5.41, 5.74) is 0. The monoisotopic (exact) mass is 207 g/mol. The van der Waals surface area contributed by atoms with Gasteiger partial charge in [-0.3, -0.25) is 0 Å². The Morgan fingerprint density at radius 2 is 1.60 bits per heavy atom. The van der Waals surface area contributed by atoms with E-state index < -0.39 is 0 Å². The van der Waals surface area contributed by atoms with Crippen molar-refractivity contribution in [2.75, 3.05) is 0 Å². The van der Waals surface area contributed by atoms with Crippen LogP contribution in [-0.4, -0.2) is 18.0 Å². The molecule has 2 fully saturated rings. The molecular weight excluding hydrogens is 186 g/mol. The second kappa shape index (κ2) is 4.15. The molecule has 0 amide bonds. The highest BCUT2D eigenvalue weighted by Crippen LogP contribution is 2.34. The van der Waals surface area contributed by atoms with E-state index in [2.05, 4.69) is 0 Å². The quantitative estimate of drug-likeness (QED) is 0.646. The van der Waals surface area contributed by atoms with E-state index in [1.54, 1.807) is 0 Å². The molecular formula is C13H21NO. The SMILES string of the molecule is C1CCC(C2=NC3CCCCC3O2)CC1. The normalized spacial score (nSPS) is 36.9. The largest absolute Gasteiger partial charge is 0.475 e. The molecule has 0 aromatic rings. The van der Waals surface area contributed by atoms with Gasteiger partial charge in [-0.2, -0.15) is 0 Å². The second-order valence-electron chi connectivity index (χ2n) is 5.31. The summed E-state index contributed by atoms with van der Waals surface area (Å²) in [4.78, 5) is 4.83. The summed E-state index contributed by atoms with van der Waals surface area (Å²) in [5.74, 6) is 1.80. The Morgan fingerprint density at radius 1 is 0.867 bits per heavy atom. The van der Waals surface area contributed by atoms with E-state index >= 15 is 0 Å². The van der Waals surface area contributed by atoms with Crippen LogP contribution in [0.1, 0.15) is 57.8 Å². The Labute approximate surface area is 92.1 Å². The van der Waals surface area contributed by atoms with E-state index in [0.717, 1.165) is 5.90 Å². The first kappa shape index (κ1) is 9.68. The molecule has 1 aliphatic heterocycles. The van der Waals surface area contributed by atoms with Crippen molar-refractivity contribution in [2.24, 2.45) is 10.9 Å². The number of ether oxygens (including phenoxy) is 1. The molecule has 0 radical (unpaired) electrons. The van der Waals surface area contributed by atoms with Gasteiger partial charge in [-0.05, 0) is 32.1 Å². The number of fused-ring (bicyclic) bond motifs is 1. The van der Waals surface area contributed by atoms with Crippen LogP contribution in [0.4, 0.5) is 0 Å². The maximum atomic E-state index is 6.05. The highest BCUT2D eigenvalue weighted by molar-refractivity contribution is 5.80. The zero-order valence-electron chi connectivity index (χ0n) is 9.45. The lowest BCUT2D eigenvalue weighted by molar-refractivity contribution is 0.141. The molecule has 84 valence electrons. The van der Waals surface area contributed by atoms with Crippen molar-refractivity contribution < 1.29 is 4.74 Å². The Morgan fingerprint density at radius 3 is 2.40 bits per heavy atom. The molecule has 2 heteroatoms. The number of rotatable bonds is 1. The van der Waals surface area contributed by atoms with Gasteiger partial charge in [0.25, 0.3) is 0 Å². The zero-order chi connectivity index (χ0) is 10.1. The predicted molar refractivity (Wildman–Crippen MR) is 61.1 cm³/mol. The van der Waals surface area contributed by atoms with Gasteiger partial charge in [0.1, 0.15) is 6.10 Å². The van der Waals surface area contributed by atoms with Crippen molar-refractivity contribution in [3.63, 3.8) is 0 Å². The molecule has 2 atom stereocenters. The van der Waals surface area contributed by atoms with E-state index in [-0.39, 0.29) is 0 Å². The number of hydrogen-bond acceptors (Lipinski definition) is 2. The molecule has 0 N–H and O–H groups in total. The molecule has 0 aromatic heterocycles. The molecule has 2 saturated carbocycles. The maximum absolute atomic E-state index is 6.05. The van der Waals surface area contributed by atoms with Gasteiger partial charge in [-0.25, -0.2) is 4.99 Å². The summed E-state index contributed by atoms with van der Waals surface area (Å²) in [6, 6.07) is 0.524. The minimum atomic E-state index is 0.454. The van der Waals surface area contributed by atoms with Crippen LogP contribution in [0.3, 0.4) is 0 Å². The van der Waals surface area contributed by atoms with Crippen LogP contribution < -0.4 is 0 Å². The first-order valence-electron chi connectivity index (χ1n) is 6.68. The predicted octanol–water partition coefficient (Wildman–Crippen LogP) is 3.31. The van der Waals surface area contributed by atoms with Gasteiger partial charge < -0.3 is 4.74 Å². The average molecular weight is 207 g/mol. The molecule has 3 rings (SSSR count). The molecule has 3 aliphatic rings. The van der Waals surface area contributed by atoms with Crippen molar-refractivity contribution in [2.45, 2.75) is 69.9 Å². The second-order valence-corrected chi connectivity index (χ2v) is 5.31. The van der Waals surface area contributed by atoms with Crippen molar-refractivity contribution in [3.05, 3.63) is 0 Å². The smallest absolute Gasteiger partial charge is 0.187 e. The van der Waals surface area contributed by atoms with Crippen LogP contribution >= 0.6 is 0 Å². The summed E-state index contributed by atoms with van der Waals surface area (Å²) < 4.78 is 6.05. The summed E-state index contributed by atoms with van der Waals surface area (Å²) in [7, 11) is 0. The molecule has 2 nitrogen and oxygen atoms in total. The topological polar surface area (TPSA) is 21.6 Å². The van der Waals surface area contributed by atoms with Crippen LogP contribution in [0.5, 0.6) is 0 Å². The Bertz CT molecular complexity index is 255. The van der Waals surface area contributed by atoms with E-state index in [4.69, 9.17) is 9.73 Å². The standard InChI is InChI=1S/C13H21NO/c1-2-6-10(7-3-1)13-14-11-8-4-5-9-12(11)15-13/h10-12H,1-9H2. The third-order valence-corrected chi connectivity index (χ3v) is 4.19. The summed E-state index contributed by atoms with van der Waals surface area (Å²) in [6.45, 7) is 0. The molecule has 0 aromatic carbocycles. The van der Waals surface area contributed by atoms with Crippen molar-refractivity contribution in [3.8, 4) is 0 Å². The highest BCUT2D eigenvalue weighted by atomic mass is 16.5. The van der Waals surface area contributed by atoms with Crippen LogP contribution in [0.15, 0.2) is 4.99 Å². The van der Waals surface area contributed by atoms with Gasteiger partial charge in [0.15, 0.2) is 5.90 Å². The van der Waals surface area contributed by atoms with Crippen LogP contribution in [-0.2, 0) is 4.74 Å². The first-order chi connectivity index (χ1) is 7.43. The van der Waals surface area contributed by atoms with Crippen molar-refractivity contribution in [1.82, 2.24) is 0 Å². The fraction of sp³-hybridized carbons (Fsp3) is 0.923. The van der Waals surface area contributed by atoms with E-state index in [0.29, 0.717) is 18.1 Å². The minimum Gasteiger partial charge on any atom is -0.475 e. The lowest BCUT2D eigenvalue weighted by atomic mass is 9.89. The van der Waals surface area contributed by atoms with Crippen LogP contribution in [0, 0.1) is 5.92 Å². The maximum Gasteiger partial charge on any atom is 0.187 e. The molecule has 2 aliphatic carbocycles. The van der Waals surface area contributed by atoms with Crippen molar-refractivity contribution in [1.29, 1.82) is 0 Å². The molecule has 0 spiro atoms. The Kier molecular flexibility index (Phi) is 2.68. The molecule has 15 heavy (non-hydrogen) atoms. The summed E-state index contributed by atoms with van der Waals surface area (Å²) in [5, 5.41) is 0.